The molecule has 6 heteroatoms. The van der Waals surface area contributed by atoms with E-state index in [1.54, 1.807) is 25.4 Å². The fourth-order valence-corrected chi connectivity index (χ4v) is 2.93. The van der Waals surface area contributed by atoms with Crippen molar-refractivity contribution in [3.63, 3.8) is 0 Å². The van der Waals surface area contributed by atoms with E-state index in [0.29, 0.717) is 22.9 Å². The minimum atomic E-state index is -0.449. The fourth-order valence-electron chi connectivity index (χ4n) is 2.93. The Morgan fingerprint density at radius 1 is 1.48 bits per heavy atom. The zero-order valence-corrected chi connectivity index (χ0v) is 11.7. The Morgan fingerprint density at radius 2 is 2.24 bits per heavy atom. The molecule has 0 unspecified atom stereocenters. The van der Waals surface area contributed by atoms with Gasteiger partial charge in [-0.3, -0.25) is 14.9 Å². The molecule has 1 heterocycles. The average Bonchev–Trinajstić information content (AvgIpc) is 2.86. The fraction of sp³-hybridized carbons (Fsp3) is 0.400. The molecule has 1 saturated carbocycles. The van der Waals surface area contributed by atoms with Crippen molar-refractivity contribution >= 4 is 22.4 Å². The number of aromatic nitrogens is 1. The van der Waals surface area contributed by atoms with E-state index in [1.807, 2.05) is 0 Å². The summed E-state index contributed by atoms with van der Waals surface area (Å²) in [6.07, 6.45) is 4.72. The molecule has 1 aromatic carbocycles. The van der Waals surface area contributed by atoms with Crippen molar-refractivity contribution in [3.05, 3.63) is 40.1 Å². The summed E-state index contributed by atoms with van der Waals surface area (Å²) in [7, 11) is 1.63. The van der Waals surface area contributed by atoms with Crippen molar-refractivity contribution in [2.75, 3.05) is 7.11 Å². The average molecular weight is 288 g/mol. The number of carbonyl (C=O) groups is 1. The third kappa shape index (κ3) is 2.21. The van der Waals surface area contributed by atoms with Gasteiger partial charge in [-0.25, -0.2) is 0 Å². The minimum Gasteiger partial charge on any atom is -0.378 e. The molecule has 1 aliphatic rings. The van der Waals surface area contributed by atoms with Crippen LogP contribution in [0.4, 0.5) is 5.69 Å². The molecular formula is C15H16N2O4. The van der Waals surface area contributed by atoms with E-state index < -0.39 is 4.92 Å². The number of benzene rings is 1. The Labute approximate surface area is 121 Å². The maximum absolute atomic E-state index is 12.5. The number of nitrogens with one attached hydrogen (secondary N) is 1. The lowest BCUT2D eigenvalue weighted by molar-refractivity contribution is -0.383. The number of ether oxygens (including phenoxy) is 1. The largest absolute Gasteiger partial charge is 0.378 e. The van der Waals surface area contributed by atoms with E-state index in [9.17, 15) is 14.9 Å². The predicted octanol–water partition coefficient (Wildman–Crippen LogP) is 3.22. The van der Waals surface area contributed by atoms with Crippen molar-refractivity contribution in [2.45, 2.75) is 31.3 Å². The van der Waals surface area contributed by atoms with Crippen LogP contribution < -0.4 is 0 Å². The normalized spacial score (nSPS) is 16.6. The van der Waals surface area contributed by atoms with Crippen LogP contribution in [0.5, 0.6) is 0 Å². The van der Waals surface area contributed by atoms with Gasteiger partial charge in [0.2, 0.25) is 0 Å². The number of nitrogens with zero attached hydrogens (tertiary/aromatic N) is 1. The van der Waals surface area contributed by atoms with Crippen LogP contribution in [-0.4, -0.2) is 28.4 Å². The molecule has 0 bridgehead atoms. The standard InChI is InChI=1S/C15H16N2O4/c1-21-15(6-3-7-15)8-13(18)11-9-16-14-10(11)4-2-5-12(14)17(19)20/h2,4-5,9,16H,3,6-8H2,1H3. The van der Waals surface area contributed by atoms with E-state index >= 15 is 0 Å². The molecule has 0 spiro atoms. The van der Waals surface area contributed by atoms with Gasteiger partial charge >= 0.3 is 0 Å². The first kappa shape index (κ1) is 13.8. The van der Waals surface area contributed by atoms with Gasteiger partial charge in [-0.1, -0.05) is 12.1 Å². The number of aromatic amines is 1. The number of nitro groups is 1. The summed E-state index contributed by atoms with van der Waals surface area (Å²) in [5.41, 5.74) is 0.529. The zero-order chi connectivity index (χ0) is 15.0. The Balaban J connectivity index is 1.96. The molecule has 0 atom stereocenters. The topological polar surface area (TPSA) is 85.2 Å². The van der Waals surface area contributed by atoms with Gasteiger partial charge in [-0.05, 0) is 19.3 Å². The van der Waals surface area contributed by atoms with E-state index in [0.717, 1.165) is 19.3 Å². The van der Waals surface area contributed by atoms with Crippen LogP contribution in [0.15, 0.2) is 24.4 Å². The van der Waals surface area contributed by atoms with Crippen molar-refractivity contribution < 1.29 is 14.5 Å². The lowest BCUT2D eigenvalue weighted by Gasteiger charge is -2.39. The maximum atomic E-state index is 12.5. The first-order valence-electron chi connectivity index (χ1n) is 6.89. The monoisotopic (exact) mass is 288 g/mol. The van der Waals surface area contributed by atoms with Crippen LogP contribution >= 0.6 is 0 Å². The summed E-state index contributed by atoms with van der Waals surface area (Å²) < 4.78 is 5.48. The second-order valence-electron chi connectivity index (χ2n) is 5.50. The van der Waals surface area contributed by atoms with Crippen LogP contribution in [0.1, 0.15) is 36.0 Å². The molecule has 0 radical (unpaired) electrons. The molecule has 0 saturated heterocycles. The summed E-state index contributed by atoms with van der Waals surface area (Å²) in [6.45, 7) is 0. The van der Waals surface area contributed by atoms with Gasteiger partial charge in [-0.15, -0.1) is 0 Å². The molecular weight excluding hydrogens is 272 g/mol. The van der Waals surface area contributed by atoms with Gasteiger partial charge in [0, 0.05) is 36.7 Å². The smallest absolute Gasteiger partial charge is 0.293 e. The molecule has 0 amide bonds. The molecule has 1 fully saturated rings. The van der Waals surface area contributed by atoms with E-state index in [1.165, 1.54) is 6.07 Å². The van der Waals surface area contributed by atoms with Gasteiger partial charge in [0.15, 0.2) is 5.78 Å². The zero-order valence-electron chi connectivity index (χ0n) is 11.7. The van der Waals surface area contributed by atoms with E-state index in [-0.39, 0.29) is 17.1 Å². The van der Waals surface area contributed by atoms with Crippen molar-refractivity contribution in [1.82, 2.24) is 4.98 Å². The van der Waals surface area contributed by atoms with Crippen LogP contribution in [-0.2, 0) is 4.74 Å². The highest BCUT2D eigenvalue weighted by Crippen LogP contribution is 2.39. The highest BCUT2D eigenvalue weighted by molar-refractivity contribution is 6.09. The number of para-hydroxylation sites is 1. The van der Waals surface area contributed by atoms with E-state index in [2.05, 4.69) is 4.98 Å². The molecule has 110 valence electrons. The number of non-ortho nitro benzene ring substituents is 1. The van der Waals surface area contributed by atoms with Crippen LogP contribution in [0.25, 0.3) is 10.9 Å². The number of ketones is 1. The van der Waals surface area contributed by atoms with Gasteiger partial charge in [0.25, 0.3) is 5.69 Å². The summed E-state index contributed by atoms with van der Waals surface area (Å²) in [5.74, 6) is -0.0386. The third-order valence-corrected chi connectivity index (χ3v) is 4.37. The molecule has 1 N–H and O–H groups in total. The van der Waals surface area contributed by atoms with E-state index in [4.69, 9.17) is 4.74 Å². The van der Waals surface area contributed by atoms with Crippen LogP contribution in [0, 0.1) is 10.1 Å². The number of methoxy groups -OCH3 is 1. The molecule has 1 aromatic heterocycles. The van der Waals surface area contributed by atoms with Gasteiger partial charge in [0.05, 0.1) is 10.5 Å². The van der Waals surface area contributed by atoms with Crippen LogP contribution in [0.3, 0.4) is 0 Å². The second kappa shape index (κ2) is 4.96. The first-order chi connectivity index (χ1) is 10.1. The quantitative estimate of drug-likeness (QED) is 0.520. The van der Waals surface area contributed by atoms with Crippen molar-refractivity contribution in [2.24, 2.45) is 0 Å². The molecule has 6 nitrogen and oxygen atoms in total. The van der Waals surface area contributed by atoms with Gasteiger partial charge in [0.1, 0.15) is 5.52 Å². The first-order valence-corrected chi connectivity index (χ1v) is 6.89. The number of hydrogen-bond acceptors (Lipinski definition) is 4. The number of Topliss-reactive ketones (excluding diaryl/α,β-unsaturated/α-hetero) is 1. The second-order valence-corrected chi connectivity index (χ2v) is 5.50. The molecule has 21 heavy (non-hydrogen) atoms. The van der Waals surface area contributed by atoms with Crippen molar-refractivity contribution in [3.8, 4) is 0 Å². The maximum Gasteiger partial charge on any atom is 0.293 e. The number of fused-ring (bicyclic) bond motifs is 1. The summed E-state index contributed by atoms with van der Waals surface area (Å²) in [4.78, 5) is 25.9. The SMILES string of the molecule is COC1(CC(=O)c2c[nH]c3c([N+](=O)[O-])cccc23)CCC1. The molecule has 3 rings (SSSR count). The minimum absolute atomic E-state index is 0.0170. The lowest BCUT2D eigenvalue weighted by atomic mass is 9.76. The highest BCUT2D eigenvalue weighted by Gasteiger charge is 2.39. The summed E-state index contributed by atoms with van der Waals surface area (Å²) in [6, 6.07) is 4.75. The van der Waals surface area contributed by atoms with Gasteiger partial charge in [-0.2, -0.15) is 0 Å². The predicted molar refractivity (Wildman–Crippen MR) is 77.5 cm³/mol. The molecule has 1 aliphatic carbocycles. The summed E-state index contributed by atoms with van der Waals surface area (Å²) in [5, 5.41) is 11.6. The highest BCUT2D eigenvalue weighted by atomic mass is 16.6. The van der Waals surface area contributed by atoms with Crippen LogP contribution in [0.2, 0.25) is 0 Å². The number of rotatable bonds is 5. The molecule has 2 aromatic rings. The molecule has 0 aliphatic heterocycles. The third-order valence-electron chi connectivity index (χ3n) is 4.37. The number of hydrogen-bond donors (Lipinski definition) is 1. The number of nitro benzene ring substituents is 1. The van der Waals surface area contributed by atoms with Crippen molar-refractivity contribution in [1.29, 1.82) is 0 Å². The Kier molecular flexibility index (Phi) is 3.25. The Hall–Kier alpha value is -2.21. The Bertz CT molecular complexity index is 710. The van der Waals surface area contributed by atoms with Gasteiger partial charge < -0.3 is 9.72 Å². The number of carbonyl (C=O) groups excluding carboxylic acids is 1. The lowest BCUT2D eigenvalue weighted by Crippen LogP contribution is -2.41. The Morgan fingerprint density at radius 3 is 2.81 bits per heavy atom. The number of H-pyrrole nitrogens is 1. The summed E-state index contributed by atoms with van der Waals surface area (Å²) >= 11 is 0.